The predicted octanol–water partition coefficient (Wildman–Crippen LogP) is 3.58. The maximum Gasteiger partial charge on any atom is 1.00 e. The number of carboxylic acids is 1. The number of hydrogen-bond acceptors (Lipinski definition) is 4. The van der Waals surface area contributed by atoms with Crippen molar-refractivity contribution in [1.82, 2.24) is 14.9 Å². The average Bonchev–Trinajstić information content (AvgIpc) is 3.31. The van der Waals surface area contributed by atoms with Crippen LogP contribution in [0, 0.1) is 25.8 Å². The van der Waals surface area contributed by atoms with Crippen LogP contribution in [0.15, 0.2) is 78.9 Å². The maximum atomic E-state index is 13.5. The van der Waals surface area contributed by atoms with Gasteiger partial charge in [-0.3, -0.25) is 14.6 Å². The van der Waals surface area contributed by atoms with Crippen molar-refractivity contribution in [2.75, 3.05) is 13.2 Å². The molecule has 0 radical (unpaired) electrons. The molecule has 0 aliphatic carbocycles. The molecule has 0 saturated carbocycles. The van der Waals surface area contributed by atoms with Gasteiger partial charge in [-0.15, -0.1) is 5.39 Å². The molecule has 2 N–H and O–H groups in total. The van der Waals surface area contributed by atoms with Crippen molar-refractivity contribution in [3.05, 3.63) is 113 Å². The quantitative estimate of drug-likeness (QED) is 0.221. The molecule has 1 unspecified atom stereocenters. The number of rotatable bonds is 7. The summed E-state index contributed by atoms with van der Waals surface area (Å²) in [5, 5.41) is 13.0. The van der Waals surface area contributed by atoms with E-state index in [0.717, 1.165) is 47.8 Å². The van der Waals surface area contributed by atoms with E-state index in [4.69, 9.17) is 19.6 Å². The van der Waals surface area contributed by atoms with Crippen molar-refractivity contribution in [2.45, 2.75) is 52.6 Å². The molecule has 222 valence electrons. The largest absolute Gasteiger partial charge is 1.00 e. The van der Waals surface area contributed by atoms with Crippen molar-refractivity contribution in [2.24, 2.45) is 5.92 Å². The standard InChI is InChI=1S/C34H34N3O2.C2H4O2.Na/c1-23-20-24(2)36-33-31(23)29-10-6-7-11-30(29)37(33)22-26-12-14-27(15-13-26)32(28-16-18-39-19-17-28)34(38)35-21-25-8-4-3-5-9-25;1-2(3)4;/h3-15,28,32H,16-19,21-22H2,1-2H3,(H,35,38);1H3,(H,3,4);/q-1;;+1. The number of amides is 1. The third-order valence-electron chi connectivity index (χ3n) is 7.97. The van der Waals surface area contributed by atoms with Crippen LogP contribution in [0.4, 0.5) is 0 Å². The Kier molecular flexibility index (Phi) is 11.8. The summed E-state index contributed by atoms with van der Waals surface area (Å²) in [7, 11) is 0. The Hall–Kier alpha value is -3.49. The van der Waals surface area contributed by atoms with Crippen LogP contribution in [-0.2, 0) is 27.4 Å². The number of carbonyl (C=O) groups excluding carboxylic acids is 1. The number of nitrogens with one attached hydrogen (secondary N) is 1. The number of nitrogens with zero attached hydrogens (tertiary/aromatic N) is 2. The van der Waals surface area contributed by atoms with Gasteiger partial charge in [0.25, 0.3) is 5.97 Å². The number of carbonyl (C=O) groups is 2. The number of pyridine rings is 1. The van der Waals surface area contributed by atoms with E-state index in [1.165, 1.54) is 21.9 Å². The van der Waals surface area contributed by atoms with Crippen molar-refractivity contribution in [3.8, 4) is 0 Å². The summed E-state index contributed by atoms with van der Waals surface area (Å²) in [6.07, 6.45) is 1.79. The zero-order valence-electron chi connectivity index (χ0n) is 26.0. The van der Waals surface area contributed by atoms with Gasteiger partial charge >= 0.3 is 29.6 Å². The van der Waals surface area contributed by atoms with Gasteiger partial charge in [0, 0.05) is 38.7 Å². The molecule has 44 heavy (non-hydrogen) atoms. The molecule has 1 amide bonds. The van der Waals surface area contributed by atoms with Crippen LogP contribution < -0.4 is 34.9 Å². The molecule has 1 saturated heterocycles. The summed E-state index contributed by atoms with van der Waals surface area (Å²) >= 11 is 0. The molecular weight excluding hydrogens is 561 g/mol. The van der Waals surface area contributed by atoms with Gasteiger partial charge in [-0.2, -0.15) is 0 Å². The van der Waals surface area contributed by atoms with Crippen LogP contribution in [0.1, 0.15) is 53.6 Å². The van der Waals surface area contributed by atoms with E-state index in [1.807, 2.05) is 37.3 Å². The fourth-order valence-corrected chi connectivity index (χ4v) is 6.05. The Morgan fingerprint density at radius 1 is 0.977 bits per heavy atom. The van der Waals surface area contributed by atoms with Crippen LogP contribution in [0.3, 0.4) is 0 Å². The van der Waals surface area contributed by atoms with Gasteiger partial charge in [0.15, 0.2) is 0 Å². The zero-order chi connectivity index (χ0) is 30.3. The first-order chi connectivity index (χ1) is 20.8. The number of aryl methyl sites for hydroxylation is 2. The number of benzene rings is 3. The number of ether oxygens (including phenoxy) is 1. The molecular formula is C36H38N3NaO4. The van der Waals surface area contributed by atoms with Gasteiger partial charge in [0.2, 0.25) is 5.91 Å². The minimum Gasteiger partial charge on any atom is -0.481 e. The van der Waals surface area contributed by atoms with Gasteiger partial charge < -0.3 is 19.7 Å². The molecule has 3 heterocycles. The Morgan fingerprint density at radius 3 is 2.30 bits per heavy atom. The minimum atomic E-state index is -0.833. The van der Waals surface area contributed by atoms with Crippen LogP contribution in [0.2, 0.25) is 0 Å². The van der Waals surface area contributed by atoms with Crippen molar-refractivity contribution in [3.63, 3.8) is 0 Å². The number of aliphatic carboxylic acids is 1. The molecule has 2 aromatic heterocycles. The summed E-state index contributed by atoms with van der Waals surface area (Å²) in [5.74, 6) is -0.668. The van der Waals surface area contributed by atoms with Crippen molar-refractivity contribution >= 4 is 33.8 Å². The van der Waals surface area contributed by atoms with E-state index in [0.29, 0.717) is 26.3 Å². The third kappa shape index (κ3) is 7.96. The Labute approximate surface area is 280 Å². The Morgan fingerprint density at radius 2 is 1.61 bits per heavy atom. The second-order valence-electron chi connectivity index (χ2n) is 11.1. The molecule has 1 fully saturated rings. The van der Waals surface area contributed by atoms with Crippen molar-refractivity contribution < 1.29 is 49.0 Å². The summed E-state index contributed by atoms with van der Waals surface area (Å²) in [5.41, 5.74) is 7.55. The molecule has 0 spiro atoms. The maximum absolute atomic E-state index is 13.5. The summed E-state index contributed by atoms with van der Waals surface area (Å²) in [6.45, 7) is 7.87. The fourth-order valence-electron chi connectivity index (χ4n) is 6.05. The summed E-state index contributed by atoms with van der Waals surface area (Å²) in [6, 6.07) is 30.6. The smallest absolute Gasteiger partial charge is 0.481 e. The van der Waals surface area contributed by atoms with Crippen LogP contribution in [0.25, 0.3) is 21.9 Å². The van der Waals surface area contributed by atoms with Gasteiger partial charge in [0.1, 0.15) is 0 Å². The van der Waals surface area contributed by atoms with E-state index in [9.17, 15) is 4.79 Å². The van der Waals surface area contributed by atoms with Gasteiger partial charge in [-0.05, 0) is 48.4 Å². The molecule has 3 aromatic carbocycles. The zero-order valence-corrected chi connectivity index (χ0v) is 28.0. The normalized spacial score (nSPS) is 13.9. The number of carboxylic acid groups (broad SMARTS) is 1. The second kappa shape index (κ2) is 15.5. The first kappa shape index (κ1) is 33.4. The number of hydrogen-bond donors (Lipinski definition) is 2. The van der Waals surface area contributed by atoms with Crippen molar-refractivity contribution in [1.29, 1.82) is 0 Å². The van der Waals surface area contributed by atoms with Gasteiger partial charge in [-0.25, -0.2) is 11.6 Å². The summed E-state index contributed by atoms with van der Waals surface area (Å²) < 4.78 is 7.92. The van der Waals surface area contributed by atoms with Gasteiger partial charge in [-0.1, -0.05) is 90.8 Å². The van der Waals surface area contributed by atoms with E-state index in [1.54, 1.807) is 0 Å². The molecule has 1 atom stereocenters. The summed E-state index contributed by atoms with van der Waals surface area (Å²) in [4.78, 5) is 27.4. The first-order valence-corrected chi connectivity index (χ1v) is 14.8. The Bertz CT molecular complexity index is 1710. The second-order valence-corrected chi connectivity index (χ2v) is 11.1. The van der Waals surface area contributed by atoms with E-state index in [2.05, 4.69) is 71.4 Å². The topological polar surface area (TPSA) is 93.5 Å². The van der Waals surface area contributed by atoms with Gasteiger partial charge in [0.05, 0.1) is 11.6 Å². The minimum absolute atomic E-state index is 0. The number of fused-ring (bicyclic) bond motifs is 3. The van der Waals surface area contributed by atoms with Crippen LogP contribution in [-0.4, -0.2) is 39.7 Å². The molecule has 6 rings (SSSR count). The van der Waals surface area contributed by atoms with E-state index in [-0.39, 0.29) is 47.3 Å². The van der Waals surface area contributed by atoms with E-state index >= 15 is 0 Å². The fraction of sp³-hybridized carbons (Fsp3) is 0.306. The predicted molar refractivity (Wildman–Crippen MR) is 169 cm³/mol. The molecule has 5 aromatic rings. The molecule has 7 nitrogen and oxygen atoms in total. The SMILES string of the molecule is CC(=O)O.Cc1[c-]c(C)c2c3ccccc3n(Cc3ccc(C(C(=O)NCc4ccccc4)C4CCOCC4)cc3)c2n1.[Na+]. The molecule has 8 heteroatoms. The van der Waals surface area contributed by atoms with Crippen LogP contribution in [0.5, 0.6) is 0 Å². The number of aromatic nitrogens is 2. The Balaban J connectivity index is 0.000000834. The molecule has 0 bridgehead atoms. The first-order valence-electron chi connectivity index (χ1n) is 14.8. The average molecular weight is 600 g/mol. The van der Waals surface area contributed by atoms with Crippen LogP contribution >= 0.6 is 0 Å². The molecule has 1 aliphatic rings. The third-order valence-corrected chi connectivity index (χ3v) is 7.97. The van der Waals surface area contributed by atoms with E-state index < -0.39 is 5.97 Å². The number of para-hydroxylation sites is 1. The monoisotopic (exact) mass is 599 g/mol. The molecule has 1 aliphatic heterocycles.